The third kappa shape index (κ3) is 4.39. The van der Waals surface area contributed by atoms with Crippen LogP contribution in [0.1, 0.15) is 28.4 Å². The van der Waals surface area contributed by atoms with Crippen molar-refractivity contribution in [3.8, 4) is 0 Å². The minimum Gasteiger partial charge on any atom is -0.356 e. The fraction of sp³-hybridized carbons (Fsp3) is 0.188. The van der Waals surface area contributed by atoms with E-state index in [-0.39, 0.29) is 0 Å². The molecule has 0 spiro atoms. The van der Waals surface area contributed by atoms with Gasteiger partial charge in [-0.3, -0.25) is 4.79 Å². The van der Waals surface area contributed by atoms with Crippen LogP contribution in [0.25, 0.3) is 6.08 Å². The van der Waals surface area contributed by atoms with Crippen LogP contribution >= 0.6 is 11.6 Å². The highest BCUT2D eigenvalue weighted by Crippen LogP contribution is 2.32. The van der Waals surface area contributed by atoms with Gasteiger partial charge in [0.15, 0.2) is 0 Å². The lowest BCUT2D eigenvalue weighted by atomic mass is 10.1. The van der Waals surface area contributed by atoms with E-state index >= 15 is 0 Å². The maximum absolute atomic E-state index is 12.9. The second-order valence-corrected chi connectivity index (χ2v) is 5.52. The molecule has 0 saturated heterocycles. The van der Waals surface area contributed by atoms with Gasteiger partial charge in [0, 0.05) is 30.2 Å². The van der Waals surface area contributed by atoms with Crippen molar-refractivity contribution in [1.29, 1.82) is 0 Å². The molecule has 0 bridgehead atoms. The Morgan fingerprint density at radius 3 is 2.39 bits per heavy atom. The number of allylic oxidation sites excluding steroid dienone is 1. The Hall–Kier alpha value is -2.21. The molecule has 0 fully saturated rings. The van der Waals surface area contributed by atoms with Crippen LogP contribution in [-0.4, -0.2) is 10.5 Å². The van der Waals surface area contributed by atoms with Crippen LogP contribution in [0.15, 0.2) is 42.4 Å². The fourth-order valence-corrected chi connectivity index (χ4v) is 2.21. The number of halogens is 4. The van der Waals surface area contributed by atoms with Crippen molar-refractivity contribution < 1.29 is 18.0 Å². The summed E-state index contributed by atoms with van der Waals surface area (Å²) in [6, 6.07) is 6.84. The Kier molecular flexibility index (Phi) is 4.85. The van der Waals surface area contributed by atoms with Gasteiger partial charge < -0.3 is 9.88 Å². The number of hydrogen-bond acceptors (Lipinski definition) is 1. The molecule has 1 amide bonds. The van der Waals surface area contributed by atoms with E-state index in [0.29, 0.717) is 10.7 Å². The summed E-state index contributed by atoms with van der Waals surface area (Å²) in [5, 5.41) is 3.03. The summed E-state index contributed by atoms with van der Waals surface area (Å²) in [6.07, 6.45) is -0.910. The molecular formula is C16H14ClF3N2O. The molecule has 0 unspecified atom stereocenters. The molecule has 122 valence electrons. The summed E-state index contributed by atoms with van der Waals surface area (Å²) < 4.78 is 40.0. The van der Waals surface area contributed by atoms with E-state index in [4.69, 9.17) is 11.6 Å². The molecule has 2 aromatic rings. The molecule has 1 N–H and O–H groups in total. The Balaban J connectivity index is 2.20. The molecule has 0 aliphatic carbocycles. The second-order valence-electron chi connectivity index (χ2n) is 5.08. The van der Waals surface area contributed by atoms with Crippen molar-refractivity contribution in [1.82, 2.24) is 9.88 Å². The number of aromatic nitrogens is 1. The standard InChI is InChI=1S/C16H14ClF3N2O/c1-10(7-11-3-5-12(17)6-4-11)21-15(23)13-8-22(2)9-14(13)16(18,19)20/h3-9H,1-2H3,(H,21,23)/b10-7+. The quantitative estimate of drug-likeness (QED) is 0.876. The number of carbonyl (C=O) groups excluding carboxylic acids is 1. The van der Waals surface area contributed by atoms with Crippen LogP contribution in [-0.2, 0) is 13.2 Å². The smallest absolute Gasteiger partial charge is 0.356 e. The van der Waals surface area contributed by atoms with Gasteiger partial charge in [0.1, 0.15) is 0 Å². The molecule has 1 aromatic heterocycles. The molecule has 0 atom stereocenters. The van der Waals surface area contributed by atoms with Crippen LogP contribution in [0.5, 0.6) is 0 Å². The van der Waals surface area contributed by atoms with Crippen molar-refractivity contribution >= 4 is 23.6 Å². The third-order valence-corrected chi connectivity index (χ3v) is 3.32. The van der Waals surface area contributed by atoms with Gasteiger partial charge in [0.2, 0.25) is 0 Å². The molecule has 0 saturated carbocycles. The van der Waals surface area contributed by atoms with Gasteiger partial charge in [0.05, 0.1) is 11.1 Å². The SMILES string of the molecule is C/C(=C\c1ccc(Cl)cc1)NC(=O)c1cn(C)cc1C(F)(F)F. The topological polar surface area (TPSA) is 34.0 Å². The maximum atomic E-state index is 12.9. The first kappa shape index (κ1) is 17.1. The number of nitrogens with one attached hydrogen (secondary N) is 1. The molecule has 0 aliphatic heterocycles. The molecular weight excluding hydrogens is 329 g/mol. The first-order valence-corrected chi connectivity index (χ1v) is 7.03. The molecule has 7 heteroatoms. The number of aryl methyl sites for hydroxylation is 1. The normalized spacial score (nSPS) is 12.3. The van der Waals surface area contributed by atoms with Gasteiger partial charge in [-0.15, -0.1) is 0 Å². The summed E-state index contributed by atoms with van der Waals surface area (Å²) in [5.41, 5.74) is -0.175. The van der Waals surface area contributed by atoms with Gasteiger partial charge in [-0.25, -0.2) is 0 Å². The van der Waals surface area contributed by atoms with Crippen molar-refractivity contribution in [3.63, 3.8) is 0 Å². The second kappa shape index (κ2) is 6.50. The average Bonchev–Trinajstić information content (AvgIpc) is 2.83. The summed E-state index contributed by atoms with van der Waals surface area (Å²) in [7, 11) is 1.43. The number of benzene rings is 1. The van der Waals surface area contributed by atoms with Crippen LogP contribution in [0, 0.1) is 0 Å². The zero-order valence-electron chi connectivity index (χ0n) is 12.4. The van der Waals surface area contributed by atoms with Crippen molar-refractivity contribution in [2.75, 3.05) is 0 Å². The highest BCUT2D eigenvalue weighted by Gasteiger charge is 2.36. The minimum atomic E-state index is -4.58. The van der Waals surface area contributed by atoms with E-state index < -0.39 is 23.2 Å². The van der Waals surface area contributed by atoms with Crippen LogP contribution < -0.4 is 5.32 Å². The van der Waals surface area contributed by atoms with E-state index in [9.17, 15) is 18.0 Å². The van der Waals surface area contributed by atoms with Crippen LogP contribution in [0.2, 0.25) is 5.02 Å². The molecule has 23 heavy (non-hydrogen) atoms. The molecule has 0 radical (unpaired) electrons. The Morgan fingerprint density at radius 2 is 1.83 bits per heavy atom. The lowest BCUT2D eigenvalue weighted by Gasteiger charge is -2.09. The van der Waals surface area contributed by atoms with E-state index in [1.807, 2.05) is 0 Å². The average molecular weight is 343 g/mol. The van der Waals surface area contributed by atoms with E-state index in [1.54, 1.807) is 37.3 Å². The van der Waals surface area contributed by atoms with Gasteiger partial charge in [-0.1, -0.05) is 23.7 Å². The third-order valence-electron chi connectivity index (χ3n) is 3.07. The van der Waals surface area contributed by atoms with Crippen molar-refractivity contribution in [2.45, 2.75) is 13.1 Å². The van der Waals surface area contributed by atoms with Crippen LogP contribution in [0.3, 0.4) is 0 Å². The Labute approximate surface area is 136 Å². The Bertz CT molecular complexity index is 746. The van der Waals surface area contributed by atoms with Crippen molar-refractivity contribution in [2.24, 2.45) is 7.05 Å². The highest BCUT2D eigenvalue weighted by molar-refractivity contribution is 6.30. The fourth-order valence-electron chi connectivity index (χ4n) is 2.08. The van der Waals surface area contributed by atoms with E-state index in [0.717, 1.165) is 18.0 Å². The molecule has 1 aromatic carbocycles. The number of nitrogens with zero attached hydrogens (tertiary/aromatic N) is 1. The van der Waals surface area contributed by atoms with Crippen molar-refractivity contribution in [3.05, 3.63) is 64.1 Å². The molecule has 1 heterocycles. The predicted octanol–water partition coefficient (Wildman–Crippen LogP) is 4.49. The summed E-state index contributed by atoms with van der Waals surface area (Å²) in [4.78, 5) is 12.1. The predicted molar refractivity (Wildman–Crippen MR) is 83.0 cm³/mol. The first-order valence-electron chi connectivity index (χ1n) is 6.65. The zero-order valence-corrected chi connectivity index (χ0v) is 13.2. The summed E-state index contributed by atoms with van der Waals surface area (Å²) in [5.74, 6) is -0.805. The van der Waals surface area contributed by atoms with E-state index in [2.05, 4.69) is 5.32 Å². The minimum absolute atomic E-state index is 0.413. The number of amides is 1. The lowest BCUT2D eigenvalue weighted by molar-refractivity contribution is -0.137. The largest absolute Gasteiger partial charge is 0.418 e. The van der Waals surface area contributed by atoms with Gasteiger partial charge in [-0.05, 0) is 30.7 Å². The molecule has 0 aliphatic rings. The summed E-state index contributed by atoms with van der Waals surface area (Å²) in [6.45, 7) is 1.60. The van der Waals surface area contributed by atoms with Crippen LogP contribution in [0.4, 0.5) is 13.2 Å². The first-order chi connectivity index (χ1) is 10.7. The van der Waals surface area contributed by atoms with Gasteiger partial charge >= 0.3 is 6.18 Å². The molecule has 2 rings (SSSR count). The zero-order chi connectivity index (χ0) is 17.2. The lowest BCUT2D eigenvalue weighted by Crippen LogP contribution is -2.23. The van der Waals surface area contributed by atoms with Gasteiger partial charge in [-0.2, -0.15) is 13.2 Å². The highest BCUT2D eigenvalue weighted by atomic mass is 35.5. The summed E-state index contributed by atoms with van der Waals surface area (Å²) >= 11 is 5.78. The van der Waals surface area contributed by atoms with E-state index in [1.165, 1.54) is 11.6 Å². The number of carbonyl (C=O) groups is 1. The number of hydrogen-bond donors (Lipinski definition) is 1. The Morgan fingerprint density at radius 1 is 1.22 bits per heavy atom. The number of rotatable bonds is 3. The van der Waals surface area contributed by atoms with Gasteiger partial charge in [0.25, 0.3) is 5.91 Å². The maximum Gasteiger partial charge on any atom is 0.418 e. The molecule has 3 nitrogen and oxygen atoms in total. The monoisotopic (exact) mass is 342 g/mol. The number of alkyl halides is 3.